The van der Waals surface area contributed by atoms with Crippen LogP contribution in [-0.4, -0.2) is 18.4 Å². The molecule has 0 aromatic carbocycles. The zero-order valence-electron chi connectivity index (χ0n) is 13.2. The number of hydrogen-bond donors (Lipinski definition) is 1. The molecule has 0 rings (SSSR count). The summed E-state index contributed by atoms with van der Waals surface area (Å²) in [7, 11) is 0. The predicted octanol–water partition coefficient (Wildman–Crippen LogP) is -0.832. The van der Waals surface area contributed by atoms with Crippen molar-refractivity contribution in [2.45, 2.75) is 77.6 Å². The largest absolute Gasteiger partial charge is 1.00 e. The van der Waals surface area contributed by atoms with Crippen LogP contribution in [0.15, 0.2) is 0 Å². The van der Waals surface area contributed by atoms with Crippen LogP contribution in [0, 0.1) is 0 Å². The molecule has 0 bridgehead atoms. The van der Waals surface area contributed by atoms with Crippen molar-refractivity contribution in [2.75, 3.05) is 6.54 Å². The maximum Gasteiger partial charge on any atom is 1.00 e. The van der Waals surface area contributed by atoms with Crippen LogP contribution in [0.2, 0.25) is 0 Å². The molecule has 0 radical (unpaired) electrons. The van der Waals surface area contributed by atoms with Crippen molar-refractivity contribution in [1.82, 2.24) is 5.32 Å². The molecule has 0 aliphatic carbocycles. The molecule has 0 heterocycles. The first-order chi connectivity index (χ1) is 9.16. The molecule has 0 aliphatic rings. The molecule has 0 aromatic rings. The van der Waals surface area contributed by atoms with Crippen LogP contribution in [0.5, 0.6) is 0 Å². The van der Waals surface area contributed by atoms with E-state index in [0.29, 0.717) is 6.42 Å². The summed E-state index contributed by atoms with van der Waals surface area (Å²) in [6.45, 7) is 2.40. The fourth-order valence-corrected chi connectivity index (χ4v) is 1.99. The topological polar surface area (TPSA) is 69.2 Å². The third-order valence-corrected chi connectivity index (χ3v) is 3.16. The number of carboxylic acids is 1. The number of hydrogen-bond acceptors (Lipinski definition) is 3. The summed E-state index contributed by atoms with van der Waals surface area (Å²) in [6, 6.07) is 0. The van der Waals surface area contributed by atoms with E-state index < -0.39 is 5.97 Å². The second-order valence-electron chi connectivity index (χ2n) is 5.05. The first kappa shape index (κ1) is 22.2. The molecular formula is C15H28NNaO3. The first-order valence-electron chi connectivity index (χ1n) is 7.63. The normalized spacial score (nSPS) is 9.85. The van der Waals surface area contributed by atoms with Crippen molar-refractivity contribution in [1.29, 1.82) is 0 Å². The van der Waals surface area contributed by atoms with Gasteiger partial charge in [-0.15, -0.1) is 0 Å². The molecule has 0 unspecified atom stereocenters. The molecule has 1 N–H and O–H groups in total. The smallest absolute Gasteiger partial charge is 0.550 e. The van der Waals surface area contributed by atoms with Crippen molar-refractivity contribution < 1.29 is 44.3 Å². The van der Waals surface area contributed by atoms with E-state index in [1.54, 1.807) is 0 Å². The van der Waals surface area contributed by atoms with E-state index in [9.17, 15) is 14.7 Å². The monoisotopic (exact) mass is 293 g/mol. The van der Waals surface area contributed by atoms with Gasteiger partial charge >= 0.3 is 29.6 Å². The molecular weight excluding hydrogens is 265 g/mol. The number of carbonyl (C=O) groups excluding carboxylic acids is 2. The van der Waals surface area contributed by atoms with Crippen LogP contribution >= 0.6 is 0 Å². The molecule has 0 aromatic heterocycles. The quantitative estimate of drug-likeness (QED) is 0.356. The zero-order chi connectivity index (χ0) is 14.3. The summed E-state index contributed by atoms with van der Waals surface area (Å²) in [5.41, 5.74) is 0. The van der Waals surface area contributed by atoms with Crippen LogP contribution in [0.25, 0.3) is 0 Å². The zero-order valence-corrected chi connectivity index (χ0v) is 15.2. The van der Waals surface area contributed by atoms with E-state index in [1.807, 2.05) is 0 Å². The first-order valence-corrected chi connectivity index (χ1v) is 7.63. The average molecular weight is 293 g/mol. The number of aliphatic carboxylic acids is 1. The van der Waals surface area contributed by atoms with Gasteiger partial charge in [0.25, 0.3) is 0 Å². The van der Waals surface area contributed by atoms with Gasteiger partial charge in [0.05, 0.1) is 0 Å². The van der Waals surface area contributed by atoms with Crippen LogP contribution in [0.3, 0.4) is 0 Å². The Morgan fingerprint density at radius 3 is 1.85 bits per heavy atom. The number of nitrogens with one attached hydrogen (secondary N) is 1. The Kier molecular flexibility index (Phi) is 18.9. The summed E-state index contributed by atoms with van der Waals surface area (Å²) in [5.74, 6) is -1.17. The van der Waals surface area contributed by atoms with E-state index in [2.05, 4.69) is 12.2 Å². The minimum Gasteiger partial charge on any atom is -0.550 e. The standard InChI is InChI=1S/C15H29NO3.Na/c1-2-3-4-5-6-7-8-9-10-11-14(17)16-13-12-15(18)19;/h2-13H2,1H3,(H,16,17)(H,18,19);/q;+1/p-1. The van der Waals surface area contributed by atoms with Crippen LogP contribution in [0.4, 0.5) is 0 Å². The van der Waals surface area contributed by atoms with Crippen molar-refractivity contribution >= 4 is 11.9 Å². The Morgan fingerprint density at radius 1 is 0.850 bits per heavy atom. The minimum atomic E-state index is -1.12. The summed E-state index contributed by atoms with van der Waals surface area (Å²) < 4.78 is 0. The number of rotatable bonds is 13. The van der Waals surface area contributed by atoms with Gasteiger partial charge in [-0.05, 0) is 6.42 Å². The summed E-state index contributed by atoms with van der Waals surface area (Å²) >= 11 is 0. The van der Waals surface area contributed by atoms with Crippen molar-refractivity contribution in [2.24, 2.45) is 0 Å². The van der Waals surface area contributed by atoms with Crippen molar-refractivity contribution in [3.05, 3.63) is 0 Å². The SMILES string of the molecule is CCCCCCCCCCCC(=O)NCCC(=O)[O-].[Na+]. The van der Waals surface area contributed by atoms with Gasteiger partial charge in [0.1, 0.15) is 0 Å². The van der Waals surface area contributed by atoms with Gasteiger partial charge < -0.3 is 15.2 Å². The Morgan fingerprint density at radius 2 is 1.35 bits per heavy atom. The Labute approximate surface area is 145 Å². The number of amides is 1. The fraction of sp³-hybridized carbons (Fsp3) is 0.867. The van der Waals surface area contributed by atoms with E-state index in [1.165, 1.54) is 44.9 Å². The molecule has 0 saturated heterocycles. The van der Waals surface area contributed by atoms with E-state index in [4.69, 9.17) is 0 Å². The Hall–Kier alpha value is -0.0600. The molecule has 0 atom stereocenters. The van der Waals surface area contributed by atoms with Gasteiger partial charge in [-0.3, -0.25) is 4.79 Å². The van der Waals surface area contributed by atoms with Crippen LogP contribution < -0.4 is 40.0 Å². The third kappa shape index (κ3) is 17.9. The predicted molar refractivity (Wildman–Crippen MR) is 74.5 cm³/mol. The third-order valence-electron chi connectivity index (χ3n) is 3.16. The van der Waals surface area contributed by atoms with Crippen LogP contribution in [-0.2, 0) is 9.59 Å². The van der Waals surface area contributed by atoms with Gasteiger partial charge in [0.15, 0.2) is 0 Å². The summed E-state index contributed by atoms with van der Waals surface area (Å²) in [6.07, 6.45) is 11.4. The van der Waals surface area contributed by atoms with Gasteiger partial charge in [0, 0.05) is 25.4 Å². The molecule has 0 aliphatic heterocycles. The van der Waals surface area contributed by atoms with E-state index in [-0.39, 0.29) is 48.4 Å². The molecule has 0 fully saturated rings. The van der Waals surface area contributed by atoms with Crippen LogP contribution in [0.1, 0.15) is 77.6 Å². The second kappa shape index (κ2) is 17.0. The van der Waals surface area contributed by atoms with Crippen molar-refractivity contribution in [3.8, 4) is 0 Å². The minimum absolute atomic E-state index is 0. The maximum atomic E-state index is 11.3. The number of carbonyl (C=O) groups is 2. The summed E-state index contributed by atoms with van der Waals surface area (Å²) in [5, 5.41) is 12.7. The maximum absolute atomic E-state index is 11.3. The Balaban J connectivity index is 0. The molecule has 1 amide bonds. The second-order valence-corrected chi connectivity index (χ2v) is 5.05. The van der Waals surface area contributed by atoms with E-state index in [0.717, 1.165) is 12.8 Å². The Bertz CT molecular complexity index is 247. The fourth-order valence-electron chi connectivity index (χ4n) is 1.99. The van der Waals surface area contributed by atoms with E-state index >= 15 is 0 Å². The average Bonchev–Trinajstić information content (AvgIpc) is 2.36. The summed E-state index contributed by atoms with van der Waals surface area (Å²) in [4.78, 5) is 21.5. The molecule has 20 heavy (non-hydrogen) atoms. The number of unbranched alkanes of at least 4 members (excludes halogenated alkanes) is 8. The van der Waals surface area contributed by atoms with Gasteiger partial charge in [0.2, 0.25) is 5.91 Å². The number of carboxylic acid groups (broad SMARTS) is 1. The molecule has 5 heteroatoms. The van der Waals surface area contributed by atoms with Crippen molar-refractivity contribution in [3.63, 3.8) is 0 Å². The van der Waals surface area contributed by atoms with Gasteiger partial charge in [-0.1, -0.05) is 58.3 Å². The molecule has 0 saturated carbocycles. The molecule has 4 nitrogen and oxygen atoms in total. The molecule has 112 valence electrons. The van der Waals surface area contributed by atoms with Gasteiger partial charge in [-0.2, -0.15) is 0 Å². The molecule has 0 spiro atoms. The van der Waals surface area contributed by atoms with Gasteiger partial charge in [-0.25, -0.2) is 0 Å².